The molecule has 0 fully saturated rings. The van der Waals surface area contributed by atoms with E-state index in [0.717, 1.165) is 25.8 Å². The van der Waals surface area contributed by atoms with Gasteiger partial charge in [0.05, 0.1) is 6.07 Å². The Kier molecular flexibility index (Phi) is 7.30. The van der Waals surface area contributed by atoms with Crippen molar-refractivity contribution in [3.8, 4) is 6.07 Å². The molecular formula is C8H15N3O. The summed E-state index contributed by atoms with van der Waals surface area (Å²) >= 11 is 0. The first-order valence-electron chi connectivity index (χ1n) is 4.20. The maximum absolute atomic E-state index is 10.7. The second-order valence-electron chi connectivity index (χ2n) is 2.52. The topological polar surface area (TPSA) is 64.9 Å². The average molecular weight is 169 g/mol. The molecule has 0 aromatic heterocycles. The van der Waals surface area contributed by atoms with E-state index in [1.54, 1.807) is 6.07 Å². The third kappa shape index (κ3) is 7.03. The number of amides is 1. The fraction of sp³-hybridized carbons (Fsp3) is 0.750. The highest BCUT2D eigenvalue weighted by Crippen LogP contribution is 1.89. The Morgan fingerprint density at radius 3 is 2.83 bits per heavy atom. The van der Waals surface area contributed by atoms with E-state index in [-0.39, 0.29) is 12.3 Å². The van der Waals surface area contributed by atoms with Crippen LogP contribution < -0.4 is 10.9 Å². The average Bonchev–Trinajstić information content (AvgIpc) is 2.05. The van der Waals surface area contributed by atoms with Gasteiger partial charge >= 0.3 is 0 Å². The van der Waals surface area contributed by atoms with Crippen LogP contribution in [0.15, 0.2) is 0 Å². The fourth-order valence-electron chi connectivity index (χ4n) is 0.740. The van der Waals surface area contributed by atoms with Crippen LogP contribution in [0.3, 0.4) is 0 Å². The quantitative estimate of drug-likeness (QED) is 0.454. The predicted molar refractivity (Wildman–Crippen MR) is 45.9 cm³/mol. The molecule has 0 aromatic carbocycles. The molecule has 2 N–H and O–H groups in total. The summed E-state index contributed by atoms with van der Waals surface area (Å²) in [4.78, 5) is 10.7. The van der Waals surface area contributed by atoms with Gasteiger partial charge in [0, 0.05) is 6.54 Å². The van der Waals surface area contributed by atoms with E-state index in [4.69, 9.17) is 5.26 Å². The van der Waals surface area contributed by atoms with Gasteiger partial charge in [-0.25, -0.2) is 5.43 Å². The maximum atomic E-state index is 10.7. The molecule has 0 radical (unpaired) electrons. The molecule has 0 saturated carbocycles. The summed E-state index contributed by atoms with van der Waals surface area (Å²) in [6.07, 6.45) is 3.28. The molecule has 68 valence electrons. The number of nitrogens with one attached hydrogen (secondary N) is 2. The van der Waals surface area contributed by atoms with Crippen molar-refractivity contribution in [1.82, 2.24) is 10.9 Å². The molecule has 0 unspecified atom stereocenters. The van der Waals surface area contributed by atoms with E-state index in [1.165, 1.54) is 0 Å². The number of nitriles is 1. The van der Waals surface area contributed by atoms with Gasteiger partial charge in [0.2, 0.25) is 5.91 Å². The summed E-state index contributed by atoms with van der Waals surface area (Å²) < 4.78 is 0. The fourth-order valence-corrected chi connectivity index (χ4v) is 0.740. The lowest BCUT2D eigenvalue weighted by Crippen LogP contribution is -2.37. The van der Waals surface area contributed by atoms with Gasteiger partial charge in [0.1, 0.15) is 6.42 Å². The zero-order valence-corrected chi connectivity index (χ0v) is 7.39. The summed E-state index contributed by atoms with van der Waals surface area (Å²) in [5, 5.41) is 8.14. The number of unbranched alkanes of at least 4 members (excludes halogenated alkanes) is 2. The number of hydrazine groups is 1. The summed E-state index contributed by atoms with van der Waals surface area (Å²) in [5.74, 6) is -0.269. The van der Waals surface area contributed by atoms with Crippen LogP contribution in [0.4, 0.5) is 0 Å². The highest BCUT2D eigenvalue weighted by molar-refractivity contribution is 5.77. The van der Waals surface area contributed by atoms with E-state index in [0.29, 0.717) is 0 Å². The van der Waals surface area contributed by atoms with Crippen molar-refractivity contribution in [2.24, 2.45) is 0 Å². The Labute approximate surface area is 72.9 Å². The number of carbonyl (C=O) groups excluding carboxylic acids is 1. The summed E-state index contributed by atoms with van der Waals surface area (Å²) in [6.45, 7) is 2.89. The molecular weight excluding hydrogens is 154 g/mol. The minimum absolute atomic E-state index is 0.0826. The van der Waals surface area contributed by atoms with Crippen molar-refractivity contribution in [2.45, 2.75) is 32.6 Å². The molecule has 0 spiro atoms. The largest absolute Gasteiger partial charge is 0.291 e. The van der Waals surface area contributed by atoms with Crippen LogP contribution in [0.2, 0.25) is 0 Å². The van der Waals surface area contributed by atoms with Crippen LogP contribution in [0, 0.1) is 11.3 Å². The Morgan fingerprint density at radius 1 is 1.50 bits per heavy atom. The maximum Gasteiger partial charge on any atom is 0.248 e. The second kappa shape index (κ2) is 8.02. The number of carbonyl (C=O) groups is 1. The van der Waals surface area contributed by atoms with Crippen LogP contribution in [-0.2, 0) is 4.79 Å². The van der Waals surface area contributed by atoms with Crippen molar-refractivity contribution < 1.29 is 4.79 Å². The van der Waals surface area contributed by atoms with Gasteiger partial charge in [-0.15, -0.1) is 0 Å². The third-order valence-electron chi connectivity index (χ3n) is 1.37. The number of hydrogen-bond acceptors (Lipinski definition) is 3. The molecule has 0 heterocycles. The van der Waals surface area contributed by atoms with E-state index in [2.05, 4.69) is 17.8 Å². The summed E-state index contributed by atoms with van der Waals surface area (Å²) in [5.41, 5.74) is 5.19. The van der Waals surface area contributed by atoms with Gasteiger partial charge in [-0.1, -0.05) is 19.8 Å². The van der Waals surface area contributed by atoms with Crippen molar-refractivity contribution in [2.75, 3.05) is 6.54 Å². The molecule has 4 heteroatoms. The summed E-state index contributed by atoms with van der Waals surface area (Å²) in [7, 11) is 0. The van der Waals surface area contributed by atoms with Gasteiger partial charge in [0.25, 0.3) is 0 Å². The monoisotopic (exact) mass is 169 g/mol. The summed E-state index contributed by atoms with van der Waals surface area (Å²) in [6, 6.07) is 1.77. The van der Waals surface area contributed by atoms with Crippen molar-refractivity contribution in [3.63, 3.8) is 0 Å². The molecule has 12 heavy (non-hydrogen) atoms. The number of hydrogen-bond donors (Lipinski definition) is 2. The molecule has 0 aliphatic heterocycles. The first kappa shape index (κ1) is 10.9. The number of nitrogens with zero attached hydrogens (tertiary/aromatic N) is 1. The molecule has 0 aliphatic carbocycles. The van der Waals surface area contributed by atoms with E-state index >= 15 is 0 Å². The molecule has 4 nitrogen and oxygen atoms in total. The molecule has 1 amide bonds. The minimum atomic E-state index is -0.269. The zero-order valence-electron chi connectivity index (χ0n) is 7.39. The molecule has 0 aliphatic rings. The van der Waals surface area contributed by atoms with E-state index in [1.807, 2.05) is 0 Å². The first-order valence-corrected chi connectivity index (χ1v) is 4.20. The Balaban J connectivity index is 3.10. The third-order valence-corrected chi connectivity index (χ3v) is 1.37. The van der Waals surface area contributed by atoms with Crippen LogP contribution in [0.1, 0.15) is 32.6 Å². The molecule has 0 atom stereocenters. The lowest BCUT2D eigenvalue weighted by atomic mass is 10.2. The highest BCUT2D eigenvalue weighted by atomic mass is 16.2. The highest BCUT2D eigenvalue weighted by Gasteiger charge is 1.96. The second-order valence-corrected chi connectivity index (χ2v) is 2.52. The molecule has 0 saturated heterocycles. The van der Waals surface area contributed by atoms with Crippen molar-refractivity contribution >= 4 is 5.91 Å². The SMILES string of the molecule is CCCCCNNC(=O)CC#N. The van der Waals surface area contributed by atoms with Gasteiger partial charge < -0.3 is 0 Å². The molecule has 0 aromatic rings. The zero-order chi connectivity index (χ0) is 9.23. The lowest BCUT2D eigenvalue weighted by molar-refractivity contribution is -0.121. The Hall–Kier alpha value is -1.08. The van der Waals surface area contributed by atoms with Crippen LogP contribution >= 0.6 is 0 Å². The minimum Gasteiger partial charge on any atom is -0.291 e. The van der Waals surface area contributed by atoms with Crippen LogP contribution in [-0.4, -0.2) is 12.5 Å². The smallest absolute Gasteiger partial charge is 0.248 e. The van der Waals surface area contributed by atoms with Crippen LogP contribution in [0.5, 0.6) is 0 Å². The molecule has 0 bridgehead atoms. The molecule has 0 rings (SSSR count). The lowest BCUT2D eigenvalue weighted by Gasteiger charge is -2.03. The standard InChI is InChI=1S/C8H15N3O/c1-2-3-4-7-10-11-8(12)5-6-9/h10H,2-5,7H2,1H3,(H,11,12). The normalized spacial score (nSPS) is 9.00. The Morgan fingerprint density at radius 2 is 2.25 bits per heavy atom. The van der Waals surface area contributed by atoms with Gasteiger partial charge in [-0.3, -0.25) is 10.2 Å². The number of rotatable bonds is 6. The van der Waals surface area contributed by atoms with Crippen LogP contribution in [0.25, 0.3) is 0 Å². The van der Waals surface area contributed by atoms with E-state index < -0.39 is 0 Å². The van der Waals surface area contributed by atoms with Crippen molar-refractivity contribution in [3.05, 3.63) is 0 Å². The van der Waals surface area contributed by atoms with Gasteiger partial charge in [-0.05, 0) is 6.42 Å². The Bertz CT molecular complexity index is 162. The van der Waals surface area contributed by atoms with Gasteiger partial charge in [-0.2, -0.15) is 5.26 Å². The van der Waals surface area contributed by atoms with E-state index in [9.17, 15) is 4.79 Å². The van der Waals surface area contributed by atoms with Gasteiger partial charge in [0.15, 0.2) is 0 Å². The first-order chi connectivity index (χ1) is 5.81. The predicted octanol–water partition coefficient (Wildman–Crippen LogP) is 0.711. The van der Waals surface area contributed by atoms with Crippen molar-refractivity contribution in [1.29, 1.82) is 5.26 Å².